The zero-order valence-electron chi connectivity index (χ0n) is 9.48. The summed E-state index contributed by atoms with van der Waals surface area (Å²) in [7, 11) is 0. The minimum Gasteiger partial charge on any atom is -0.481 e. The van der Waals surface area contributed by atoms with Crippen molar-refractivity contribution in [3.05, 3.63) is 12.7 Å². The molecular formula is C10H14N4O3. The van der Waals surface area contributed by atoms with E-state index in [2.05, 4.69) is 10.1 Å². The van der Waals surface area contributed by atoms with Gasteiger partial charge in [-0.15, -0.1) is 0 Å². The average molecular weight is 238 g/mol. The number of carboxylic acid groups (broad SMARTS) is 1. The van der Waals surface area contributed by atoms with E-state index in [0.29, 0.717) is 13.0 Å². The highest BCUT2D eigenvalue weighted by Crippen LogP contribution is 2.19. The molecule has 0 aromatic carbocycles. The van der Waals surface area contributed by atoms with Crippen LogP contribution in [0, 0.1) is 5.92 Å². The van der Waals surface area contributed by atoms with Crippen LogP contribution in [-0.2, 0) is 9.59 Å². The topological polar surface area (TPSA) is 88.3 Å². The predicted octanol–water partition coefficient (Wildman–Crippen LogP) is -0.228. The molecule has 1 aliphatic heterocycles. The molecule has 2 rings (SSSR count). The summed E-state index contributed by atoms with van der Waals surface area (Å²) in [5.41, 5.74) is 0. The molecule has 1 aliphatic rings. The first kappa shape index (κ1) is 11.6. The van der Waals surface area contributed by atoms with Crippen molar-refractivity contribution >= 4 is 11.9 Å². The minimum atomic E-state index is -0.839. The Labute approximate surface area is 98.0 Å². The molecule has 2 heterocycles. The Morgan fingerprint density at radius 3 is 2.82 bits per heavy atom. The van der Waals surface area contributed by atoms with E-state index in [9.17, 15) is 9.59 Å². The lowest BCUT2D eigenvalue weighted by molar-refractivity contribution is -0.141. The molecular weight excluding hydrogens is 224 g/mol. The van der Waals surface area contributed by atoms with Gasteiger partial charge in [-0.25, -0.2) is 9.67 Å². The molecule has 17 heavy (non-hydrogen) atoms. The fraction of sp³-hybridized carbons (Fsp3) is 0.600. The molecule has 92 valence electrons. The second kappa shape index (κ2) is 4.52. The third kappa shape index (κ3) is 2.27. The van der Waals surface area contributed by atoms with Crippen LogP contribution in [-0.4, -0.2) is 49.7 Å². The van der Waals surface area contributed by atoms with Crippen molar-refractivity contribution in [3.63, 3.8) is 0 Å². The van der Waals surface area contributed by atoms with Crippen LogP contribution in [0.2, 0.25) is 0 Å². The maximum Gasteiger partial charge on any atom is 0.308 e. The van der Waals surface area contributed by atoms with Crippen LogP contribution in [0.5, 0.6) is 0 Å². The Kier molecular flexibility index (Phi) is 3.08. The zero-order chi connectivity index (χ0) is 12.4. The fourth-order valence-corrected chi connectivity index (χ4v) is 1.96. The Hall–Kier alpha value is -1.92. The molecule has 1 aromatic heterocycles. The normalized spacial score (nSPS) is 21.5. The van der Waals surface area contributed by atoms with Crippen LogP contribution in [0.3, 0.4) is 0 Å². The van der Waals surface area contributed by atoms with Gasteiger partial charge in [-0.05, 0) is 13.3 Å². The largest absolute Gasteiger partial charge is 0.481 e. The van der Waals surface area contributed by atoms with E-state index in [1.807, 2.05) is 0 Å². The minimum absolute atomic E-state index is 0.112. The molecule has 1 amide bonds. The molecule has 0 spiro atoms. The number of rotatable bonds is 3. The summed E-state index contributed by atoms with van der Waals surface area (Å²) in [6, 6.07) is -0.440. The average Bonchev–Trinajstić information content (AvgIpc) is 2.97. The van der Waals surface area contributed by atoms with Gasteiger partial charge in [0.15, 0.2) is 0 Å². The first-order valence-electron chi connectivity index (χ1n) is 5.45. The van der Waals surface area contributed by atoms with E-state index < -0.39 is 17.9 Å². The molecule has 2 atom stereocenters. The summed E-state index contributed by atoms with van der Waals surface area (Å²) in [5.74, 6) is -1.39. The smallest absolute Gasteiger partial charge is 0.308 e. The van der Waals surface area contributed by atoms with Gasteiger partial charge in [-0.2, -0.15) is 5.10 Å². The van der Waals surface area contributed by atoms with E-state index in [1.165, 1.54) is 17.3 Å². The Bertz CT molecular complexity index is 417. The van der Waals surface area contributed by atoms with Crippen LogP contribution in [0.15, 0.2) is 12.7 Å². The number of carbonyl (C=O) groups is 2. The van der Waals surface area contributed by atoms with Crippen LogP contribution < -0.4 is 0 Å². The lowest BCUT2D eigenvalue weighted by Gasteiger charge is -2.20. The highest BCUT2D eigenvalue weighted by atomic mass is 16.4. The second-order valence-corrected chi connectivity index (χ2v) is 4.16. The van der Waals surface area contributed by atoms with Gasteiger partial charge in [-0.3, -0.25) is 9.59 Å². The molecule has 0 bridgehead atoms. The summed E-state index contributed by atoms with van der Waals surface area (Å²) in [4.78, 5) is 28.2. The van der Waals surface area contributed by atoms with E-state index >= 15 is 0 Å². The molecule has 1 saturated heterocycles. The molecule has 0 saturated carbocycles. The lowest BCUT2D eigenvalue weighted by atomic mass is 10.1. The standard InChI is InChI=1S/C10H14N4O3/c1-7(14-6-11-5-12-14)9(15)13-3-2-8(4-13)10(16)17/h5-8H,2-4H2,1H3,(H,16,17). The summed E-state index contributed by atoms with van der Waals surface area (Å²) in [6.07, 6.45) is 3.37. The third-order valence-electron chi connectivity index (χ3n) is 3.04. The molecule has 2 unspecified atom stereocenters. The number of amides is 1. The van der Waals surface area contributed by atoms with Gasteiger partial charge in [-0.1, -0.05) is 0 Å². The van der Waals surface area contributed by atoms with Gasteiger partial charge in [0.2, 0.25) is 5.91 Å². The van der Waals surface area contributed by atoms with Crippen molar-refractivity contribution in [2.45, 2.75) is 19.4 Å². The SMILES string of the molecule is CC(C(=O)N1CCC(C(=O)O)C1)n1cncn1. The number of hydrogen-bond acceptors (Lipinski definition) is 4. The first-order valence-corrected chi connectivity index (χ1v) is 5.45. The van der Waals surface area contributed by atoms with Crippen molar-refractivity contribution in [1.82, 2.24) is 19.7 Å². The number of nitrogens with zero attached hydrogens (tertiary/aromatic N) is 4. The highest BCUT2D eigenvalue weighted by molar-refractivity contribution is 5.81. The zero-order valence-corrected chi connectivity index (χ0v) is 9.48. The van der Waals surface area contributed by atoms with E-state index in [4.69, 9.17) is 5.11 Å². The maximum absolute atomic E-state index is 12.1. The Balaban J connectivity index is 2.00. The van der Waals surface area contributed by atoms with Gasteiger partial charge >= 0.3 is 5.97 Å². The van der Waals surface area contributed by atoms with Crippen molar-refractivity contribution in [2.24, 2.45) is 5.92 Å². The van der Waals surface area contributed by atoms with Gasteiger partial charge in [0.05, 0.1) is 5.92 Å². The summed E-state index contributed by atoms with van der Waals surface area (Å²) >= 11 is 0. The number of hydrogen-bond donors (Lipinski definition) is 1. The van der Waals surface area contributed by atoms with Gasteiger partial charge in [0.25, 0.3) is 0 Å². The van der Waals surface area contributed by atoms with Crippen LogP contribution in [0.4, 0.5) is 0 Å². The van der Waals surface area contributed by atoms with E-state index in [1.54, 1.807) is 11.8 Å². The molecule has 7 heteroatoms. The fourth-order valence-electron chi connectivity index (χ4n) is 1.96. The van der Waals surface area contributed by atoms with Gasteiger partial charge in [0, 0.05) is 13.1 Å². The number of carboxylic acids is 1. The van der Waals surface area contributed by atoms with E-state index in [0.717, 1.165) is 0 Å². The second-order valence-electron chi connectivity index (χ2n) is 4.16. The highest BCUT2D eigenvalue weighted by Gasteiger charge is 2.33. The summed E-state index contributed by atoms with van der Waals surface area (Å²) in [6.45, 7) is 2.51. The first-order chi connectivity index (χ1) is 8.09. The number of carbonyl (C=O) groups excluding carboxylic acids is 1. The van der Waals surface area contributed by atoms with Crippen molar-refractivity contribution in [2.75, 3.05) is 13.1 Å². The maximum atomic E-state index is 12.1. The Morgan fingerprint density at radius 1 is 1.53 bits per heavy atom. The van der Waals surface area contributed by atoms with E-state index in [-0.39, 0.29) is 12.5 Å². The van der Waals surface area contributed by atoms with Gasteiger partial charge in [0.1, 0.15) is 18.7 Å². The molecule has 1 aromatic rings. The van der Waals surface area contributed by atoms with Crippen molar-refractivity contribution in [3.8, 4) is 0 Å². The summed E-state index contributed by atoms with van der Waals surface area (Å²) in [5, 5.41) is 12.8. The van der Waals surface area contributed by atoms with Crippen LogP contribution in [0.25, 0.3) is 0 Å². The number of aromatic nitrogens is 3. The molecule has 0 aliphatic carbocycles. The quantitative estimate of drug-likeness (QED) is 0.786. The molecule has 1 N–H and O–H groups in total. The predicted molar refractivity (Wildman–Crippen MR) is 57.1 cm³/mol. The summed E-state index contributed by atoms with van der Waals surface area (Å²) < 4.78 is 1.47. The third-order valence-corrected chi connectivity index (χ3v) is 3.04. The lowest BCUT2D eigenvalue weighted by Crippen LogP contribution is -2.35. The monoisotopic (exact) mass is 238 g/mol. The van der Waals surface area contributed by atoms with Crippen molar-refractivity contribution < 1.29 is 14.7 Å². The van der Waals surface area contributed by atoms with Crippen LogP contribution >= 0.6 is 0 Å². The number of likely N-dealkylation sites (tertiary alicyclic amines) is 1. The number of aliphatic carboxylic acids is 1. The molecule has 0 radical (unpaired) electrons. The Morgan fingerprint density at radius 2 is 2.29 bits per heavy atom. The molecule has 7 nitrogen and oxygen atoms in total. The van der Waals surface area contributed by atoms with Gasteiger partial charge < -0.3 is 10.0 Å². The van der Waals surface area contributed by atoms with Crippen LogP contribution in [0.1, 0.15) is 19.4 Å². The van der Waals surface area contributed by atoms with Crippen molar-refractivity contribution in [1.29, 1.82) is 0 Å². The molecule has 1 fully saturated rings.